The van der Waals surface area contributed by atoms with E-state index in [2.05, 4.69) is 24.4 Å². The molecule has 0 radical (unpaired) electrons. The quantitative estimate of drug-likeness (QED) is 0.864. The summed E-state index contributed by atoms with van der Waals surface area (Å²) >= 11 is 0. The predicted molar refractivity (Wildman–Crippen MR) is 78.7 cm³/mol. The van der Waals surface area contributed by atoms with Crippen molar-refractivity contribution in [3.63, 3.8) is 0 Å². The first kappa shape index (κ1) is 13.8. The lowest BCUT2D eigenvalue weighted by molar-refractivity contribution is 0.629. The van der Waals surface area contributed by atoms with Gasteiger partial charge in [0, 0.05) is 12.1 Å². The smallest absolute Gasteiger partial charge is 0.131 e. The summed E-state index contributed by atoms with van der Waals surface area (Å²) in [5.74, 6) is -0.141. The van der Waals surface area contributed by atoms with Crippen LogP contribution in [0.4, 0.5) is 4.39 Å². The topological polar surface area (TPSA) is 12.0 Å². The SMILES string of the molecule is CCNCc1cccc(-c2c(C)cc(C)cc2F)c1. The van der Waals surface area contributed by atoms with Crippen LogP contribution in [0.5, 0.6) is 0 Å². The van der Waals surface area contributed by atoms with E-state index in [4.69, 9.17) is 0 Å². The van der Waals surface area contributed by atoms with E-state index in [1.807, 2.05) is 32.0 Å². The van der Waals surface area contributed by atoms with Crippen LogP contribution in [0.15, 0.2) is 36.4 Å². The van der Waals surface area contributed by atoms with Crippen LogP contribution in [0.3, 0.4) is 0 Å². The molecule has 1 nitrogen and oxygen atoms in total. The average Bonchev–Trinajstić information content (AvgIpc) is 2.35. The molecule has 0 aliphatic heterocycles. The highest BCUT2D eigenvalue weighted by atomic mass is 19.1. The molecule has 0 spiro atoms. The summed E-state index contributed by atoms with van der Waals surface area (Å²) in [5, 5.41) is 3.29. The highest BCUT2D eigenvalue weighted by Gasteiger charge is 2.09. The Labute approximate surface area is 114 Å². The van der Waals surface area contributed by atoms with Gasteiger partial charge in [-0.15, -0.1) is 0 Å². The van der Waals surface area contributed by atoms with Crippen LogP contribution in [0.2, 0.25) is 0 Å². The summed E-state index contributed by atoms with van der Waals surface area (Å²) in [6, 6.07) is 11.7. The normalized spacial score (nSPS) is 10.7. The highest BCUT2D eigenvalue weighted by molar-refractivity contribution is 5.69. The summed E-state index contributed by atoms with van der Waals surface area (Å²) in [6.45, 7) is 7.70. The Kier molecular flexibility index (Phi) is 4.33. The van der Waals surface area contributed by atoms with Crippen LogP contribution in [-0.4, -0.2) is 6.54 Å². The third kappa shape index (κ3) is 3.21. The first-order chi connectivity index (χ1) is 9.11. The molecule has 2 rings (SSSR count). The van der Waals surface area contributed by atoms with Crippen LogP contribution in [0, 0.1) is 19.7 Å². The van der Waals surface area contributed by atoms with Crippen molar-refractivity contribution >= 4 is 0 Å². The maximum atomic E-state index is 14.2. The lowest BCUT2D eigenvalue weighted by atomic mass is 9.96. The van der Waals surface area contributed by atoms with Gasteiger partial charge in [-0.05, 0) is 54.8 Å². The Hall–Kier alpha value is -1.67. The molecule has 0 saturated carbocycles. The minimum absolute atomic E-state index is 0.141. The second kappa shape index (κ2) is 5.98. The van der Waals surface area contributed by atoms with Gasteiger partial charge >= 0.3 is 0 Å². The molecule has 0 aliphatic carbocycles. The summed E-state index contributed by atoms with van der Waals surface area (Å²) in [6.07, 6.45) is 0. The number of hydrogen-bond donors (Lipinski definition) is 1. The standard InChI is InChI=1S/C17H20FN/c1-4-19-11-14-6-5-7-15(10-14)17-13(3)8-12(2)9-16(17)18/h5-10,19H,4,11H2,1-3H3. The molecule has 1 N–H and O–H groups in total. The van der Waals surface area contributed by atoms with E-state index >= 15 is 0 Å². The molecule has 0 unspecified atom stereocenters. The Morgan fingerprint density at radius 3 is 2.58 bits per heavy atom. The summed E-state index contributed by atoms with van der Waals surface area (Å²) in [5.41, 5.74) is 4.79. The van der Waals surface area contributed by atoms with Crippen LogP contribution in [0.1, 0.15) is 23.6 Å². The van der Waals surface area contributed by atoms with Gasteiger partial charge in [0.1, 0.15) is 5.82 Å². The number of aryl methyl sites for hydroxylation is 2. The van der Waals surface area contributed by atoms with Gasteiger partial charge in [-0.25, -0.2) is 4.39 Å². The molecule has 0 atom stereocenters. The van der Waals surface area contributed by atoms with E-state index in [1.165, 1.54) is 5.56 Å². The van der Waals surface area contributed by atoms with E-state index in [9.17, 15) is 4.39 Å². The van der Waals surface area contributed by atoms with Gasteiger partial charge in [-0.2, -0.15) is 0 Å². The zero-order valence-corrected chi connectivity index (χ0v) is 11.8. The van der Waals surface area contributed by atoms with Crippen molar-refractivity contribution in [3.8, 4) is 11.1 Å². The van der Waals surface area contributed by atoms with Crippen molar-refractivity contribution < 1.29 is 4.39 Å². The number of benzene rings is 2. The lowest BCUT2D eigenvalue weighted by Gasteiger charge is -2.11. The fourth-order valence-electron chi connectivity index (χ4n) is 2.39. The molecule has 19 heavy (non-hydrogen) atoms. The summed E-state index contributed by atoms with van der Waals surface area (Å²) in [7, 11) is 0. The number of hydrogen-bond acceptors (Lipinski definition) is 1. The largest absolute Gasteiger partial charge is 0.313 e. The van der Waals surface area contributed by atoms with Gasteiger partial charge < -0.3 is 5.32 Å². The van der Waals surface area contributed by atoms with Gasteiger partial charge in [-0.1, -0.05) is 31.2 Å². The van der Waals surface area contributed by atoms with E-state index in [0.29, 0.717) is 5.56 Å². The zero-order chi connectivity index (χ0) is 13.8. The van der Waals surface area contributed by atoms with Crippen molar-refractivity contribution in [2.75, 3.05) is 6.54 Å². The molecule has 2 aromatic carbocycles. The highest BCUT2D eigenvalue weighted by Crippen LogP contribution is 2.28. The maximum Gasteiger partial charge on any atom is 0.131 e. The third-order valence-electron chi connectivity index (χ3n) is 3.23. The summed E-state index contributed by atoms with van der Waals surface area (Å²) in [4.78, 5) is 0. The number of nitrogens with one attached hydrogen (secondary N) is 1. The second-order valence-corrected chi connectivity index (χ2v) is 4.92. The van der Waals surface area contributed by atoms with Gasteiger partial charge in [0.05, 0.1) is 0 Å². The molecule has 0 bridgehead atoms. The van der Waals surface area contributed by atoms with Crippen molar-refractivity contribution in [1.82, 2.24) is 5.32 Å². The monoisotopic (exact) mass is 257 g/mol. The Morgan fingerprint density at radius 1 is 1.11 bits per heavy atom. The zero-order valence-electron chi connectivity index (χ0n) is 11.8. The Morgan fingerprint density at radius 2 is 1.89 bits per heavy atom. The van der Waals surface area contributed by atoms with Gasteiger partial charge in [0.15, 0.2) is 0 Å². The third-order valence-corrected chi connectivity index (χ3v) is 3.23. The van der Waals surface area contributed by atoms with Crippen molar-refractivity contribution in [2.24, 2.45) is 0 Å². The average molecular weight is 257 g/mol. The Bertz CT molecular complexity index is 552. The molecule has 0 aromatic heterocycles. The lowest BCUT2D eigenvalue weighted by Crippen LogP contribution is -2.11. The minimum Gasteiger partial charge on any atom is -0.313 e. The maximum absolute atomic E-state index is 14.2. The molecule has 0 aliphatic rings. The van der Waals surface area contributed by atoms with E-state index < -0.39 is 0 Å². The molecule has 2 aromatic rings. The molecule has 0 saturated heterocycles. The van der Waals surface area contributed by atoms with Gasteiger partial charge in [-0.3, -0.25) is 0 Å². The number of rotatable bonds is 4. The molecular weight excluding hydrogens is 237 g/mol. The van der Waals surface area contributed by atoms with Crippen LogP contribution in [0.25, 0.3) is 11.1 Å². The molecular formula is C17H20FN. The van der Waals surface area contributed by atoms with Crippen molar-refractivity contribution in [3.05, 3.63) is 58.9 Å². The molecule has 2 heteroatoms. The van der Waals surface area contributed by atoms with Crippen molar-refractivity contribution in [2.45, 2.75) is 27.3 Å². The molecule has 0 amide bonds. The molecule has 0 fully saturated rings. The van der Waals surface area contributed by atoms with Crippen molar-refractivity contribution in [1.29, 1.82) is 0 Å². The molecule has 0 heterocycles. The predicted octanol–water partition coefficient (Wildman–Crippen LogP) is 4.22. The fraction of sp³-hybridized carbons (Fsp3) is 0.294. The van der Waals surface area contributed by atoms with Crippen LogP contribution in [-0.2, 0) is 6.54 Å². The summed E-state index contributed by atoms with van der Waals surface area (Å²) < 4.78 is 14.2. The van der Waals surface area contributed by atoms with Gasteiger partial charge in [0.2, 0.25) is 0 Å². The van der Waals surface area contributed by atoms with Gasteiger partial charge in [0.25, 0.3) is 0 Å². The first-order valence-corrected chi connectivity index (χ1v) is 6.68. The van der Waals surface area contributed by atoms with Crippen LogP contribution >= 0.6 is 0 Å². The number of halogens is 1. The van der Waals surface area contributed by atoms with E-state index in [0.717, 1.165) is 29.8 Å². The van der Waals surface area contributed by atoms with Crippen LogP contribution < -0.4 is 5.32 Å². The fourth-order valence-corrected chi connectivity index (χ4v) is 2.39. The first-order valence-electron chi connectivity index (χ1n) is 6.68. The van der Waals surface area contributed by atoms with E-state index in [1.54, 1.807) is 6.07 Å². The minimum atomic E-state index is -0.141. The Balaban J connectivity index is 2.42. The second-order valence-electron chi connectivity index (χ2n) is 4.92. The molecule has 100 valence electrons. The van der Waals surface area contributed by atoms with E-state index in [-0.39, 0.29) is 5.82 Å².